The summed E-state index contributed by atoms with van der Waals surface area (Å²) in [4.78, 5) is 25.2. The lowest BCUT2D eigenvalue weighted by Gasteiger charge is -2.31. The molecule has 3 rings (SSSR count). The van der Waals surface area contributed by atoms with Gasteiger partial charge in [-0.1, -0.05) is 54.6 Å². The third-order valence-electron chi connectivity index (χ3n) is 4.72. The Morgan fingerprint density at radius 2 is 1.81 bits per heavy atom. The van der Waals surface area contributed by atoms with Crippen LogP contribution in [0, 0.1) is 0 Å². The first-order chi connectivity index (χ1) is 12.7. The van der Waals surface area contributed by atoms with Gasteiger partial charge in [0.2, 0.25) is 0 Å². The summed E-state index contributed by atoms with van der Waals surface area (Å²) in [6, 6.07) is 18.3. The van der Waals surface area contributed by atoms with Gasteiger partial charge in [-0.25, -0.2) is 0 Å². The minimum Gasteiger partial charge on any atom is -0.466 e. The van der Waals surface area contributed by atoms with Crippen molar-refractivity contribution in [1.82, 2.24) is 5.32 Å². The number of benzene rings is 2. The number of amides is 1. The molecule has 1 fully saturated rings. The maximum absolute atomic E-state index is 12.2. The monoisotopic (exact) mass is 353 g/mol. The van der Waals surface area contributed by atoms with E-state index < -0.39 is 6.04 Å². The van der Waals surface area contributed by atoms with E-state index in [2.05, 4.69) is 41.7 Å². The van der Waals surface area contributed by atoms with E-state index in [9.17, 15) is 9.59 Å². The van der Waals surface area contributed by atoms with Gasteiger partial charge in [0.1, 0.15) is 13.0 Å². The number of carbonyl (C=O) groups excluding carboxylic acids is 2. The van der Waals surface area contributed by atoms with Crippen LogP contribution in [0.3, 0.4) is 0 Å². The molecule has 2 aromatic rings. The molecule has 2 N–H and O–H groups in total. The molecule has 136 valence electrons. The lowest BCUT2D eigenvalue weighted by Crippen LogP contribution is -3.18. The molecule has 5 heteroatoms. The van der Waals surface area contributed by atoms with Crippen molar-refractivity contribution in [3.05, 3.63) is 60.2 Å². The highest BCUT2D eigenvalue weighted by molar-refractivity contribution is 5.85. The fourth-order valence-corrected chi connectivity index (χ4v) is 3.37. The third-order valence-corrected chi connectivity index (χ3v) is 4.72. The van der Waals surface area contributed by atoms with Crippen LogP contribution in [0.2, 0.25) is 0 Å². The van der Waals surface area contributed by atoms with Crippen LogP contribution in [-0.4, -0.2) is 37.6 Å². The van der Waals surface area contributed by atoms with Crippen LogP contribution in [-0.2, 0) is 20.9 Å². The molecule has 0 aromatic heterocycles. The first-order valence-corrected chi connectivity index (χ1v) is 9.09. The molecule has 1 unspecified atom stereocenters. The van der Waals surface area contributed by atoms with E-state index in [1.807, 2.05) is 18.2 Å². The number of hydrogen-bond donors (Lipinski definition) is 2. The summed E-state index contributed by atoms with van der Waals surface area (Å²) in [6.07, 6.45) is 0.122. The average Bonchev–Trinajstić information content (AvgIpc) is 2.66. The molecule has 1 saturated heterocycles. The normalized spacial score (nSPS) is 19.7. The van der Waals surface area contributed by atoms with Crippen LogP contribution in [0.15, 0.2) is 54.6 Å². The Hall–Kier alpha value is -2.66. The van der Waals surface area contributed by atoms with Crippen molar-refractivity contribution in [2.24, 2.45) is 0 Å². The summed E-state index contributed by atoms with van der Waals surface area (Å²) < 4.78 is 5.02. The van der Waals surface area contributed by atoms with Gasteiger partial charge in [0.05, 0.1) is 19.7 Å². The molecule has 2 aromatic carbocycles. The van der Waals surface area contributed by atoms with Crippen LogP contribution in [0.4, 0.5) is 0 Å². The molecular formula is C21H25N2O3+. The van der Waals surface area contributed by atoms with E-state index in [0.717, 1.165) is 17.0 Å². The first kappa shape index (κ1) is 18.1. The summed E-state index contributed by atoms with van der Waals surface area (Å²) in [5.41, 5.74) is 3.51. The van der Waals surface area contributed by atoms with Crippen LogP contribution < -0.4 is 10.2 Å². The number of carbonyl (C=O) groups is 2. The topological polar surface area (TPSA) is 59.8 Å². The van der Waals surface area contributed by atoms with Gasteiger partial charge >= 0.3 is 5.97 Å². The first-order valence-electron chi connectivity index (χ1n) is 9.09. The Morgan fingerprint density at radius 3 is 2.50 bits per heavy atom. The molecular weight excluding hydrogens is 328 g/mol. The minimum atomic E-state index is -0.392. The van der Waals surface area contributed by atoms with Gasteiger partial charge in [0, 0.05) is 5.56 Å². The van der Waals surface area contributed by atoms with Crippen molar-refractivity contribution in [3.8, 4) is 11.1 Å². The highest BCUT2D eigenvalue weighted by Crippen LogP contribution is 2.19. The largest absolute Gasteiger partial charge is 0.466 e. The average molecular weight is 353 g/mol. The molecule has 0 saturated carbocycles. The van der Waals surface area contributed by atoms with E-state index >= 15 is 0 Å². The van der Waals surface area contributed by atoms with Crippen LogP contribution in [0.1, 0.15) is 18.9 Å². The summed E-state index contributed by atoms with van der Waals surface area (Å²) in [6.45, 7) is 4.26. The summed E-state index contributed by atoms with van der Waals surface area (Å²) >= 11 is 0. The number of esters is 1. The quantitative estimate of drug-likeness (QED) is 0.767. The number of nitrogens with one attached hydrogen (secondary N) is 2. The number of ether oxygens (including phenoxy) is 1. The van der Waals surface area contributed by atoms with Crippen LogP contribution in [0.5, 0.6) is 0 Å². The van der Waals surface area contributed by atoms with Gasteiger partial charge < -0.3 is 15.0 Å². The molecule has 0 bridgehead atoms. The van der Waals surface area contributed by atoms with Gasteiger partial charge in [-0.3, -0.25) is 9.59 Å². The second kappa shape index (κ2) is 8.63. The number of rotatable bonds is 6. The predicted octanol–water partition coefficient (Wildman–Crippen LogP) is 1.19. The molecule has 5 nitrogen and oxygen atoms in total. The second-order valence-electron chi connectivity index (χ2n) is 6.50. The molecule has 0 aliphatic carbocycles. The number of quaternary nitrogens is 1. The minimum absolute atomic E-state index is 0.0693. The third kappa shape index (κ3) is 4.49. The highest BCUT2D eigenvalue weighted by Gasteiger charge is 2.35. The SMILES string of the molecule is CCOC(=O)C[C@@H]1C(=O)NCC[NH+]1Cc1ccc(-c2ccccc2)cc1. The summed E-state index contributed by atoms with van der Waals surface area (Å²) in [5, 5.41) is 2.86. The maximum Gasteiger partial charge on any atom is 0.312 e. The van der Waals surface area contributed by atoms with Gasteiger partial charge in [-0.2, -0.15) is 0 Å². The predicted molar refractivity (Wildman–Crippen MR) is 99.5 cm³/mol. The van der Waals surface area contributed by atoms with Crippen LogP contribution in [0.25, 0.3) is 11.1 Å². The van der Waals surface area contributed by atoms with Crippen molar-refractivity contribution in [1.29, 1.82) is 0 Å². The molecule has 1 heterocycles. The van der Waals surface area contributed by atoms with Crippen LogP contribution >= 0.6 is 0 Å². The fraction of sp³-hybridized carbons (Fsp3) is 0.333. The molecule has 0 spiro atoms. The Balaban J connectivity index is 1.69. The van der Waals surface area contributed by atoms with Crippen molar-refractivity contribution in [2.45, 2.75) is 25.9 Å². The second-order valence-corrected chi connectivity index (χ2v) is 6.50. The van der Waals surface area contributed by atoms with Gasteiger partial charge in [0.25, 0.3) is 5.91 Å². The molecule has 26 heavy (non-hydrogen) atoms. The maximum atomic E-state index is 12.2. The molecule has 1 aliphatic rings. The Labute approximate surface area is 154 Å². The fourth-order valence-electron chi connectivity index (χ4n) is 3.37. The smallest absolute Gasteiger partial charge is 0.312 e. The molecule has 0 radical (unpaired) electrons. The van der Waals surface area contributed by atoms with E-state index in [4.69, 9.17) is 4.74 Å². The van der Waals surface area contributed by atoms with E-state index in [0.29, 0.717) is 19.7 Å². The van der Waals surface area contributed by atoms with E-state index in [-0.39, 0.29) is 18.3 Å². The van der Waals surface area contributed by atoms with Gasteiger partial charge in [0.15, 0.2) is 6.04 Å². The lowest BCUT2D eigenvalue weighted by molar-refractivity contribution is -0.930. The zero-order valence-corrected chi connectivity index (χ0v) is 15.0. The highest BCUT2D eigenvalue weighted by atomic mass is 16.5. The van der Waals surface area contributed by atoms with E-state index in [1.54, 1.807) is 6.92 Å². The lowest BCUT2D eigenvalue weighted by atomic mass is 10.0. The molecule has 2 atom stereocenters. The Morgan fingerprint density at radius 1 is 1.12 bits per heavy atom. The standard InChI is InChI=1S/C21H24N2O3/c1-2-26-20(24)14-19-21(25)22-12-13-23(19)15-16-8-10-18(11-9-16)17-6-4-3-5-7-17/h3-11,19H,2,12-15H2,1H3,(H,22,25)/p+1/t19-/m1/s1. The summed E-state index contributed by atoms with van der Waals surface area (Å²) in [5.74, 6) is -0.383. The van der Waals surface area contributed by atoms with Gasteiger partial charge in [-0.15, -0.1) is 0 Å². The number of piperazine rings is 1. The van der Waals surface area contributed by atoms with Crippen molar-refractivity contribution in [3.63, 3.8) is 0 Å². The van der Waals surface area contributed by atoms with Gasteiger partial charge in [-0.05, 0) is 18.1 Å². The zero-order chi connectivity index (χ0) is 18.4. The Kier molecular flexibility index (Phi) is 6.02. The van der Waals surface area contributed by atoms with Crippen molar-refractivity contribution >= 4 is 11.9 Å². The zero-order valence-electron chi connectivity index (χ0n) is 15.0. The van der Waals surface area contributed by atoms with Crippen molar-refractivity contribution < 1.29 is 19.2 Å². The number of hydrogen-bond acceptors (Lipinski definition) is 3. The summed E-state index contributed by atoms with van der Waals surface area (Å²) in [7, 11) is 0. The van der Waals surface area contributed by atoms with E-state index in [1.165, 1.54) is 11.1 Å². The Bertz CT molecular complexity index is 744. The molecule has 1 amide bonds. The molecule has 1 aliphatic heterocycles. The van der Waals surface area contributed by atoms with Crippen molar-refractivity contribution in [2.75, 3.05) is 19.7 Å².